The molecule has 9 heterocycles. The van der Waals surface area contributed by atoms with Crippen molar-refractivity contribution in [3.05, 3.63) is 291 Å². The molecule has 15 aromatic rings. The van der Waals surface area contributed by atoms with Crippen LogP contribution in [0.5, 0.6) is 0 Å². The van der Waals surface area contributed by atoms with Crippen LogP contribution in [0.1, 0.15) is 51.7 Å². The lowest BCUT2D eigenvalue weighted by atomic mass is 10.0. The largest absolute Gasteiger partial charge is 0.431 e. The third-order valence-corrected chi connectivity index (χ3v) is 34.9. The first kappa shape index (κ1) is 108. The number of nitrogens with one attached hydrogen (secondary N) is 3. The molecule has 0 aliphatic rings. The number of rotatable bonds is 34. The molecule has 0 spiro atoms. The van der Waals surface area contributed by atoms with E-state index in [1.54, 1.807) is 56.7 Å². The molecule has 0 saturated carbocycles. The molecule has 0 bridgehead atoms. The lowest BCUT2D eigenvalue weighted by molar-refractivity contribution is 0.189. The molecule has 138 heavy (non-hydrogen) atoms. The normalized spacial score (nSPS) is 12.5. The zero-order chi connectivity index (χ0) is 99.9. The minimum Gasteiger partial charge on any atom is -0.364 e. The summed E-state index contributed by atoms with van der Waals surface area (Å²) in [5.74, 6) is 1.84. The molecular weight excluding hydrogens is 2090 g/mol. The monoisotopic (exact) mass is 2180 g/mol. The fourth-order valence-electron chi connectivity index (χ4n) is 13.0. The third-order valence-electron chi connectivity index (χ3n) is 18.5. The first-order valence-corrected chi connectivity index (χ1v) is 61.4. The highest BCUT2D eigenvalue weighted by Gasteiger charge is 2.56. The van der Waals surface area contributed by atoms with Crippen molar-refractivity contribution in [2.24, 2.45) is 5.14 Å². The Hall–Kier alpha value is -10.6. The molecule has 0 fully saturated rings. The second-order valence-corrected chi connectivity index (χ2v) is 59.4. The van der Waals surface area contributed by atoms with Gasteiger partial charge in [-0.15, -0.1) is 21.8 Å². The topological polar surface area (TPSA) is 558 Å². The molecule has 6 aromatic carbocycles. The van der Waals surface area contributed by atoms with Gasteiger partial charge in [-0.1, -0.05) is 165 Å². The quantitative estimate of drug-likeness (QED) is 0.00783. The number of halogens is 2. The van der Waals surface area contributed by atoms with Crippen molar-refractivity contribution in [3.8, 4) is 67.5 Å². The van der Waals surface area contributed by atoms with Gasteiger partial charge in [-0.2, -0.15) is 0 Å². The number of pyridine rings is 6. The number of fused-ring (bicyclic) bond motifs is 3. The number of nitrogens with two attached hydrogens (primary N) is 1. The molecule has 0 aliphatic heterocycles. The second kappa shape index (κ2) is 48.0. The van der Waals surface area contributed by atoms with Gasteiger partial charge in [0.25, 0.3) is 20.0 Å². The zero-order valence-corrected chi connectivity index (χ0v) is 85.8. The predicted octanol–water partition coefficient (Wildman–Crippen LogP) is 18.9. The number of aromatic nitrogens is 12. The highest BCUT2D eigenvalue weighted by molar-refractivity contribution is 14.1. The van der Waals surface area contributed by atoms with Gasteiger partial charge in [0.1, 0.15) is 37.7 Å². The number of primary sulfonamides is 1. The molecule has 39 nitrogen and oxygen atoms in total. The summed E-state index contributed by atoms with van der Waals surface area (Å²) in [5.41, 5.74) is 9.53. The molecule has 1 atom stereocenters. The van der Waals surface area contributed by atoms with E-state index in [0.29, 0.717) is 89.0 Å². The van der Waals surface area contributed by atoms with Crippen molar-refractivity contribution in [2.45, 2.75) is 88.6 Å². The lowest BCUT2D eigenvalue weighted by Gasteiger charge is -2.30. The van der Waals surface area contributed by atoms with E-state index in [0.717, 1.165) is 73.9 Å². The molecule has 0 radical (unpaired) electrons. The minimum absolute atomic E-state index is 0.000323. The van der Waals surface area contributed by atoms with Gasteiger partial charge in [-0.05, 0) is 141 Å². The molecule has 0 saturated heterocycles. The van der Waals surface area contributed by atoms with E-state index in [2.05, 4.69) is 106 Å². The van der Waals surface area contributed by atoms with Crippen LogP contribution >= 0.6 is 71.0 Å². The number of sulfonamides is 3. The van der Waals surface area contributed by atoms with Crippen molar-refractivity contribution in [3.63, 3.8) is 0 Å². The van der Waals surface area contributed by atoms with Gasteiger partial charge in [0.05, 0.1) is 102 Å². The standard InChI is InChI=1S/C31H34N6O8P2S.C25H22N6O8P2S.C25H20N6O2S.C4H10ClO3P.C3H9ISi/c1-4-43-46(38,39)37(47(40,44-5-2)45-6-3)48(41,42)26-19-24(20-32-22-26)30-35-28-17-12-16-27(23-13-8-7-9-14-23)29(28)31(36-30)34-21-25-15-10-11-18-33-25;32-40(33,34)31(41(35,36)37)42(38,39)20-13-18(14-26-16-20)24-29-22-11-6-10-21(17-7-2-1-3-8-17)23(22)25(30-24)28-15-19-9-4-5-12-27-19;26-34(32,33)20-13-18(14-27-16-20)24-30-22-11-6-10-21(17-7-2-1-3-8-17)23(22)25(31-24)29-15-19-9-4-5-12-28-19;1-3-7-9(5,6)8-4-2;1-5(2,3)4/h7-20,22H,4-6,21H2,1-3H3,(H,38,39)(H,34,35,36);1-14,16H,15H2,(H,28,29,30)(H2,32,33,34)(H2,35,36,37);1-14,16H,15H2,(H2,26,32,33)(H,29,30,31);3-4H2,1-2H3;1-3H3. The highest BCUT2D eigenvalue weighted by atomic mass is 127. The Balaban J connectivity index is 0.000000187. The van der Waals surface area contributed by atoms with Crippen LogP contribution in [0, 0.1) is 0 Å². The number of anilines is 3. The predicted molar refractivity (Wildman–Crippen MR) is 539 cm³/mol. The van der Waals surface area contributed by atoms with E-state index in [1.165, 1.54) is 51.6 Å². The zero-order valence-electron chi connectivity index (χ0n) is 75.0. The Morgan fingerprint density at radius 1 is 0.377 bits per heavy atom. The molecule has 1 unspecified atom stereocenters. The summed E-state index contributed by atoms with van der Waals surface area (Å²) >= 11 is 7.76. The number of nitrogens with zero attached hydrogens (tertiary/aromatic N) is 14. The maximum Gasteiger partial charge on any atom is 0.431 e. The first-order chi connectivity index (χ1) is 65.5. The van der Waals surface area contributed by atoms with Crippen molar-refractivity contribution < 1.29 is 95.2 Å². The van der Waals surface area contributed by atoms with Gasteiger partial charge in [0, 0.05) is 91.4 Å². The molecule has 0 aliphatic carbocycles. The maximum absolute atomic E-state index is 14.1. The Bertz CT molecular complexity index is 7340. The SMILES string of the molecule is CCOP(=O)(Cl)OCC.CCOP(=O)(O)N(P(=O)(OCC)OCC)S(=O)(=O)c1cncc(-c2nc(NCc3ccccn3)c3c(-c4ccccc4)cccc3n2)c1.C[Si](C)(C)I.NS(=O)(=O)c1cncc(-c2nc(NCc3ccccn3)c3c(-c4ccccc4)cccc3n2)c1.O=P(O)(O)N(P(=O)(O)O)S(=O)(=O)c1cncc(-c2nc(NCc3ccccn3)c3c(-c4ccccc4)cccc3n2)c1. The summed E-state index contributed by atoms with van der Waals surface area (Å²) in [5, 5.41) is 17.5. The van der Waals surface area contributed by atoms with E-state index in [9.17, 15) is 72.5 Å². The summed E-state index contributed by atoms with van der Waals surface area (Å²) in [7, 11) is -36.7. The van der Waals surface area contributed by atoms with Gasteiger partial charge >= 0.3 is 37.9 Å². The van der Waals surface area contributed by atoms with E-state index in [1.807, 2.05) is 176 Å². The van der Waals surface area contributed by atoms with Crippen LogP contribution in [0.3, 0.4) is 0 Å². The van der Waals surface area contributed by atoms with Crippen molar-refractivity contribution in [2.75, 3.05) is 49.0 Å². The number of hydrogen-bond acceptors (Lipinski definition) is 31. The fraction of sp³-hybridized carbons (Fsp3) is 0.182. The van der Waals surface area contributed by atoms with Crippen LogP contribution < -0.4 is 21.1 Å². The minimum atomic E-state index is -5.98. The van der Waals surface area contributed by atoms with Gasteiger partial charge < -0.3 is 40.4 Å². The Morgan fingerprint density at radius 3 is 0.949 bits per heavy atom. The van der Waals surface area contributed by atoms with Gasteiger partial charge in [-0.25, -0.2) is 83.1 Å². The van der Waals surface area contributed by atoms with Crippen molar-refractivity contribution in [1.29, 1.82) is 0 Å². The van der Waals surface area contributed by atoms with Crippen LogP contribution in [0.15, 0.2) is 289 Å². The number of benzene rings is 6. The fourth-order valence-corrected chi connectivity index (χ4v) is 26.2. The molecule has 724 valence electrons. The van der Waals surface area contributed by atoms with Crippen molar-refractivity contribution in [1.82, 2.24) is 67.5 Å². The van der Waals surface area contributed by atoms with Gasteiger partial charge in [-0.3, -0.25) is 52.5 Å². The van der Waals surface area contributed by atoms with Crippen LogP contribution in [-0.4, -0.2) is 156 Å². The average molecular weight is 2180 g/mol. The summed E-state index contributed by atoms with van der Waals surface area (Å²) in [4.78, 5) is 100. The summed E-state index contributed by atoms with van der Waals surface area (Å²) in [6.45, 7) is 12.1. The van der Waals surface area contributed by atoms with Crippen LogP contribution in [-0.2, 0) is 95.1 Å². The molecule has 10 N–H and O–H groups in total. The molecular formula is C88H95ClIN18O21P5S3Si. The lowest BCUT2D eigenvalue weighted by Crippen LogP contribution is -2.29. The first-order valence-electron chi connectivity index (χ1n) is 41.8. The van der Waals surface area contributed by atoms with E-state index in [4.69, 9.17) is 49.9 Å². The second-order valence-electron chi connectivity index (χ2n) is 29.7. The summed E-state index contributed by atoms with van der Waals surface area (Å²) in [6.07, 6.45) is 12.0. The van der Waals surface area contributed by atoms with Gasteiger partial charge in [0.2, 0.25) is 10.0 Å². The molecule has 9 aromatic heterocycles. The van der Waals surface area contributed by atoms with Crippen molar-refractivity contribution >= 4 is 157 Å². The third kappa shape index (κ3) is 29.0. The van der Waals surface area contributed by atoms with Crippen LogP contribution in [0.25, 0.3) is 100 Å². The Labute approximate surface area is 814 Å². The number of hydrogen-bond donors (Lipinski definition) is 9. The van der Waals surface area contributed by atoms with Crippen LogP contribution in [0.4, 0.5) is 17.5 Å². The molecule has 0 amide bonds. The van der Waals surface area contributed by atoms with E-state index < -0.39 is 87.2 Å². The maximum atomic E-state index is 14.1. The van der Waals surface area contributed by atoms with Crippen LogP contribution in [0.2, 0.25) is 19.6 Å². The highest BCUT2D eigenvalue weighted by Crippen LogP contribution is 2.69. The average Bonchev–Trinajstić information content (AvgIpc) is 0.754. The summed E-state index contributed by atoms with van der Waals surface area (Å²) in [6, 6.07) is 66.3. The summed E-state index contributed by atoms with van der Waals surface area (Å²) < 4.78 is 162. The van der Waals surface area contributed by atoms with E-state index >= 15 is 0 Å². The molecule has 50 heteroatoms. The smallest absolute Gasteiger partial charge is 0.364 e. The Morgan fingerprint density at radius 2 is 0.667 bits per heavy atom. The van der Waals surface area contributed by atoms with E-state index in [-0.39, 0.29) is 57.9 Å². The Kier molecular flexibility index (Phi) is 37.5. The molecule has 15 rings (SSSR count). The van der Waals surface area contributed by atoms with Gasteiger partial charge in [0.15, 0.2) is 17.5 Å².